The summed E-state index contributed by atoms with van der Waals surface area (Å²) in [6.07, 6.45) is -5.20. The van der Waals surface area contributed by atoms with Gasteiger partial charge in [0.25, 0.3) is 17.5 Å². The van der Waals surface area contributed by atoms with E-state index in [1.165, 1.54) is 24.3 Å². The van der Waals surface area contributed by atoms with Crippen LogP contribution in [0.1, 0.15) is 24.2 Å². The van der Waals surface area contributed by atoms with E-state index in [-0.39, 0.29) is 18.0 Å². The number of urea groups is 1. The number of nitrogens with zero attached hydrogens (tertiary/aromatic N) is 1. The maximum atomic E-state index is 13.5. The molecule has 9 heteroatoms. The summed E-state index contributed by atoms with van der Waals surface area (Å²) in [6.45, 7) is 3.11. The number of hydrogen-bond acceptors (Lipinski definition) is 3. The summed E-state index contributed by atoms with van der Waals surface area (Å²) in [5.74, 6) is -2.89. The van der Waals surface area contributed by atoms with Crippen LogP contribution in [0.15, 0.2) is 30.3 Å². The number of halogens is 3. The third kappa shape index (κ3) is 3.06. The zero-order chi connectivity index (χ0) is 18.1. The molecule has 0 spiro atoms. The highest BCUT2D eigenvalue weighted by molar-refractivity contribution is 6.10. The molecule has 1 aromatic carbocycles. The van der Waals surface area contributed by atoms with Gasteiger partial charge in [-0.2, -0.15) is 13.2 Å². The van der Waals surface area contributed by atoms with Crippen molar-refractivity contribution in [2.75, 3.05) is 6.54 Å². The molecule has 0 aliphatic carbocycles. The molecular formula is C15H16F3N3O3. The molecule has 1 aromatic rings. The molecule has 0 unspecified atom stereocenters. The first-order valence-corrected chi connectivity index (χ1v) is 7.17. The predicted molar refractivity (Wildman–Crippen MR) is 77.8 cm³/mol. The second kappa shape index (κ2) is 6.14. The summed E-state index contributed by atoms with van der Waals surface area (Å²) >= 11 is 0. The summed E-state index contributed by atoms with van der Waals surface area (Å²) in [5.41, 5.74) is -3.53. The minimum Gasteiger partial charge on any atom is -0.314 e. The van der Waals surface area contributed by atoms with E-state index >= 15 is 0 Å². The highest BCUT2D eigenvalue weighted by Crippen LogP contribution is 2.34. The number of alkyl halides is 3. The average molecular weight is 343 g/mol. The van der Waals surface area contributed by atoms with Gasteiger partial charge in [-0.3, -0.25) is 19.8 Å². The molecule has 1 saturated heterocycles. The molecule has 24 heavy (non-hydrogen) atoms. The van der Waals surface area contributed by atoms with Gasteiger partial charge in [0.1, 0.15) is 0 Å². The standard InChI is InChI=1S/C15H16F3N3O3/c1-9(2)8-21-12(23)14(15(16,17)18,20-13(21)24)19-11(22)10-6-4-3-5-7-10/h3-7,9H,8H2,1-2H3,(H,19,22)(H,20,24)/t14-/m1/s1. The fraction of sp³-hybridized carbons (Fsp3) is 0.400. The Morgan fingerprint density at radius 3 is 2.33 bits per heavy atom. The van der Waals surface area contributed by atoms with Gasteiger partial charge in [-0.05, 0) is 18.1 Å². The van der Waals surface area contributed by atoms with Gasteiger partial charge in [-0.1, -0.05) is 32.0 Å². The second-order valence-electron chi connectivity index (χ2n) is 5.81. The van der Waals surface area contributed by atoms with Crippen LogP contribution in [0.4, 0.5) is 18.0 Å². The maximum Gasteiger partial charge on any atom is 0.440 e. The van der Waals surface area contributed by atoms with E-state index in [1.807, 2.05) is 0 Å². The van der Waals surface area contributed by atoms with Crippen molar-refractivity contribution in [3.8, 4) is 0 Å². The molecule has 1 aliphatic rings. The maximum absolute atomic E-state index is 13.5. The summed E-state index contributed by atoms with van der Waals surface area (Å²) in [6, 6.07) is 5.92. The number of amides is 4. The van der Waals surface area contributed by atoms with Gasteiger partial charge < -0.3 is 5.32 Å². The van der Waals surface area contributed by atoms with Gasteiger partial charge in [0.15, 0.2) is 0 Å². The lowest BCUT2D eigenvalue weighted by molar-refractivity contribution is -0.200. The summed E-state index contributed by atoms with van der Waals surface area (Å²) in [4.78, 5) is 36.7. The highest BCUT2D eigenvalue weighted by atomic mass is 19.4. The average Bonchev–Trinajstić information content (AvgIpc) is 2.72. The van der Waals surface area contributed by atoms with Crippen LogP contribution < -0.4 is 10.6 Å². The third-order valence-electron chi connectivity index (χ3n) is 3.42. The van der Waals surface area contributed by atoms with Crippen LogP contribution in [0, 0.1) is 5.92 Å². The van der Waals surface area contributed by atoms with E-state index in [0.717, 1.165) is 0 Å². The SMILES string of the molecule is CC(C)CN1C(=O)N[C@@](NC(=O)c2ccccc2)(C(F)(F)F)C1=O. The number of benzene rings is 1. The van der Waals surface area contributed by atoms with Crippen molar-refractivity contribution in [3.63, 3.8) is 0 Å². The quantitative estimate of drug-likeness (QED) is 0.820. The largest absolute Gasteiger partial charge is 0.440 e. The van der Waals surface area contributed by atoms with E-state index in [1.54, 1.807) is 30.5 Å². The van der Waals surface area contributed by atoms with E-state index in [4.69, 9.17) is 0 Å². The van der Waals surface area contributed by atoms with Crippen LogP contribution >= 0.6 is 0 Å². The summed E-state index contributed by atoms with van der Waals surface area (Å²) < 4.78 is 40.6. The van der Waals surface area contributed by atoms with Crippen molar-refractivity contribution in [1.82, 2.24) is 15.5 Å². The first-order valence-electron chi connectivity index (χ1n) is 7.17. The molecule has 130 valence electrons. The molecule has 0 saturated carbocycles. The molecule has 1 fully saturated rings. The molecule has 1 aliphatic heterocycles. The van der Waals surface area contributed by atoms with E-state index in [9.17, 15) is 27.6 Å². The van der Waals surface area contributed by atoms with Crippen LogP contribution in [0.3, 0.4) is 0 Å². The molecule has 2 N–H and O–H groups in total. The van der Waals surface area contributed by atoms with Crippen molar-refractivity contribution in [1.29, 1.82) is 0 Å². The molecular weight excluding hydrogens is 327 g/mol. The monoisotopic (exact) mass is 343 g/mol. The van der Waals surface area contributed by atoms with Gasteiger partial charge in [0, 0.05) is 12.1 Å². The number of carbonyl (C=O) groups excluding carboxylic acids is 3. The Morgan fingerprint density at radius 2 is 1.83 bits per heavy atom. The van der Waals surface area contributed by atoms with Gasteiger partial charge in [-0.15, -0.1) is 0 Å². The lowest BCUT2D eigenvalue weighted by Gasteiger charge is -2.30. The molecule has 0 bridgehead atoms. The molecule has 4 amide bonds. The zero-order valence-electron chi connectivity index (χ0n) is 13.0. The Hall–Kier alpha value is -2.58. The van der Waals surface area contributed by atoms with E-state index < -0.39 is 29.7 Å². The van der Waals surface area contributed by atoms with E-state index in [2.05, 4.69) is 0 Å². The molecule has 1 atom stereocenters. The van der Waals surface area contributed by atoms with Crippen LogP contribution in [0.5, 0.6) is 0 Å². The first-order chi connectivity index (χ1) is 11.1. The lowest BCUT2D eigenvalue weighted by atomic mass is 10.1. The van der Waals surface area contributed by atoms with Crippen molar-refractivity contribution >= 4 is 17.8 Å². The first kappa shape index (κ1) is 17.8. The molecule has 0 radical (unpaired) electrons. The van der Waals surface area contributed by atoms with E-state index in [0.29, 0.717) is 4.90 Å². The van der Waals surface area contributed by atoms with Crippen molar-refractivity contribution in [2.24, 2.45) is 5.92 Å². The Kier molecular flexibility index (Phi) is 4.54. The number of rotatable bonds is 4. The lowest BCUT2D eigenvalue weighted by Crippen LogP contribution is -2.69. The number of nitrogens with one attached hydrogen (secondary N) is 2. The van der Waals surface area contributed by atoms with Crippen LogP contribution in [0.2, 0.25) is 0 Å². The van der Waals surface area contributed by atoms with Crippen LogP contribution in [-0.2, 0) is 4.79 Å². The predicted octanol–water partition coefficient (Wildman–Crippen LogP) is 1.88. The van der Waals surface area contributed by atoms with Crippen molar-refractivity contribution in [3.05, 3.63) is 35.9 Å². The second-order valence-corrected chi connectivity index (χ2v) is 5.81. The van der Waals surface area contributed by atoms with Crippen LogP contribution in [-0.4, -0.2) is 41.1 Å². The van der Waals surface area contributed by atoms with Gasteiger partial charge >= 0.3 is 12.2 Å². The number of carbonyl (C=O) groups is 3. The minimum atomic E-state index is -5.20. The summed E-state index contributed by atoms with van der Waals surface area (Å²) in [5, 5.41) is 3.24. The molecule has 6 nitrogen and oxygen atoms in total. The fourth-order valence-electron chi connectivity index (χ4n) is 2.29. The molecule has 2 rings (SSSR count). The normalized spacial score (nSPS) is 21.2. The van der Waals surface area contributed by atoms with Gasteiger partial charge in [0.05, 0.1) is 0 Å². The Morgan fingerprint density at radius 1 is 1.25 bits per heavy atom. The Labute approximate surface area is 136 Å². The van der Waals surface area contributed by atoms with Gasteiger partial charge in [-0.25, -0.2) is 4.79 Å². The Balaban J connectivity index is 2.37. The Bertz CT molecular complexity index is 661. The fourth-order valence-corrected chi connectivity index (χ4v) is 2.29. The van der Waals surface area contributed by atoms with Crippen molar-refractivity contribution in [2.45, 2.75) is 25.7 Å². The summed E-state index contributed by atoms with van der Waals surface area (Å²) in [7, 11) is 0. The topological polar surface area (TPSA) is 78.5 Å². The number of hydrogen-bond donors (Lipinski definition) is 2. The van der Waals surface area contributed by atoms with Crippen molar-refractivity contribution < 1.29 is 27.6 Å². The molecule has 1 heterocycles. The van der Waals surface area contributed by atoms with Gasteiger partial charge in [0.2, 0.25) is 0 Å². The highest BCUT2D eigenvalue weighted by Gasteiger charge is 2.68. The third-order valence-corrected chi connectivity index (χ3v) is 3.42. The smallest absolute Gasteiger partial charge is 0.314 e. The minimum absolute atomic E-state index is 0.0644. The zero-order valence-corrected chi connectivity index (χ0v) is 13.0. The van der Waals surface area contributed by atoms with Crippen LogP contribution in [0.25, 0.3) is 0 Å². The molecule has 0 aromatic heterocycles. The number of imide groups is 1.